The smallest absolute Gasteiger partial charge is 0.269 e. The average molecular weight is 134 g/mol. The Balaban J connectivity index is 0. The highest BCUT2D eigenvalue weighted by Crippen LogP contribution is 2.23. The number of halogens is 5. The van der Waals surface area contributed by atoms with Crippen LogP contribution in [0.2, 0.25) is 0 Å². The molecule has 0 aromatic carbocycles. The molecule has 0 bridgehead atoms. The molecule has 0 aliphatic carbocycles. The lowest BCUT2D eigenvalue weighted by Gasteiger charge is -1.97. The van der Waals surface area contributed by atoms with E-state index in [1.165, 1.54) is 0 Å². The molecule has 0 heterocycles. The lowest BCUT2D eigenvalue weighted by atomic mass is 10.6. The maximum Gasteiger partial charge on any atom is 0.442 e. The van der Waals surface area contributed by atoms with Crippen molar-refractivity contribution in [3.63, 3.8) is 0 Å². The molecule has 0 spiro atoms. The van der Waals surface area contributed by atoms with Gasteiger partial charge in [-0.05, 0) is 0 Å². The van der Waals surface area contributed by atoms with Gasteiger partial charge in [-0.15, -0.1) is 0 Å². The predicted octanol–water partition coefficient (Wildman–Crippen LogP) is 2.18. The minimum Gasteiger partial charge on any atom is -0.269 e. The van der Waals surface area contributed by atoms with Gasteiger partial charge in [0.2, 0.25) is 0 Å². The summed E-state index contributed by atoms with van der Waals surface area (Å²) in [5.41, 5.74) is 0. The third-order valence-corrected chi connectivity index (χ3v) is 0.308. The quantitative estimate of drug-likeness (QED) is 0.445. The first-order chi connectivity index (χ1) is 2.94. The summed E-state index contributed by atoms with van der Waals surface area (Å²) < 4.78 is 43.0. The first kappa shape index (κ1) is 10.4. The van der Waals surface area contributed by atoms with Crippen LogP contribution in [0.4, 0.5) is 22.3 Å². The molecule has 0 saturated heterocycles. The largest absolute Gasteiger partial charge is 0.442 e. The zero-order valence-electron chi connectivity index (χ0n) is 3.63. The van der Waals surface area contributed by atoms with E-state index in [1.54, 1.807) is 0 Å². The van der Waals surface area contributed by atoms with Crippen molar-refractivity contribution in [2.75, 3.05) is 0 Å². The first-order valence-electron chi connectivity index (χ1n) is 1.36. The maximum absolute atomic E-state index is 10.9. The Morgan fingerprint density at radius 3 is 1.38 bits per heavy atom. The van der Waals surface area contributed by atoms with Gasteiger partial charge < -0.3 is 0 Å². The second-order valence-electron chi connectivity index (χ2n) is 0.903. The molecule has 0 saturated carbocycles. The summed E-state index contributed by atoms with van der Waals surface area (Å²) in [6.07, 6.45) is -4.86. The van der Waals surface area contributed by atoms with E-state index in [-0.39, 0.29) is 4.70 Å². The molecule has 0 rings (SSSR count). The van der Waals surface area contributed by atoms with Crippen molar-refractivity contribution < 1.29 is 22.3 Å². The molecule has 0 fully saturated rings. The molecule has 50 valence electrons. The molecule has 8 heavy (non-hydrogen) atoms. The van der Waals surface area contributed by atoms with Crippen molar-refractivity contribution in [2.45, 2.75) is 6.18 Å². The van der Waals surface area contributed by atoms with Gasteiger partial charge in [-0.25, -0.2) is 4.39 Å². The fraction of sp³-hybridized carbons (Fsp3) is 0.333. The Bertz CT molecular complexity index is 80.2. The molecule has 0 aliphatic heterocycles. The lowest BCUT2D eigenvalue weighted by molar-refractivity contribution is -0.108. The zero-order chi connectivity index (χ0) is 6.08. The molecule has 0 aromatic rings. The Hall–Kier alpha value is -0.610. The minimum atomic E-state index is -4.86. The molecule has 0 unspecified atom stereocenters. The molecule has 0 radical (unpaired) electrons. The van der Waals surface area contributed by atoms with Gasteiger partial charge in [-0.2, -0.15) is 13.2 Å². The van der Waals surface area contributed by atoms with Crippen LogP contribution < -0.4 is 0 Å². The summed E-state index contributed by atoms with van der Waals surface area (Å²) in [6.45, 7) is 2.03. The summed E-state index contributed by atoms with van der Waals surface area (Å²) in [5.74, 6) is -2.26. The molecule has 0 amide bonds. The Kier molecular flexibility index (Phi) is 3.42. The van der Waals surface area contributed by atoms with Crippen molar-refractivity contribution in [3.8, 4) is 0 Å². The van der Waals surface area contributed by atoms with E-state index in [4.69, 9.17) is 0 Å². The summed E-state index contributed by atoms with van der Waals surface area (Å²) in [7, 11) is 0. The normalized spacial score (nSPS) is 10.0. The standard InChI is InChI=1S/C3H2F4.FH/c1-2(4)3(5,6)7;/h1H2;1H. The summed E-state index contributed by atoms with van der Waals surface area (Å²) in [6, 6.07) is 0. The summed E-state index contributed by atoms with van der Waals surface area (Å²) in [5, 5.41) is 0. The van der Waals surface area contributed by atoms with E-state index < -0.39 is 12.0 Å². The molecule has 5 heteroatoms. The van der Waals surface area contributed by atoms with Crippen LogP contribution in [-0.4, -0.2) is 6.18 Å². The molecule has 0 atom stereocenters. The predicted molar refractivity (Wildman–Crippen MR) is 18.8 cm³/mol. The van der Waals surface area contributed by atoms with Crippen LogP contribution >= 0.6 is 0 Å². The van der Waals surface area contributed by atoms with Gasteiger partial charge in [0.1, 0.15) is 0 Å². The van der Waals surface area contributed by atoms with E-state index in [1.807, 2.05) is 6.58 Å². The van der Waals surface area contributed by atoms with Crippen LogP contribution in [0.15, 0.2) is 12.4 Å². The van der Waals surface area contributed by atoms with Gasteiger partial charge in [-0.1, -0.05) is 6.58 Å². The molecular formula is C3H3F5. The van der Waals surface area contributed by atoms with Crippen molar-refractivity contribution in [1.82, 2.24) is 0 Å². The number of alkyl halides is 3. The first-order valence-corrected chi connectivity index (χ1v) is 1.36. The highest BCUT2D eigenvalue weighted by atomic mass is 19.4. The molecule has 0 nitrogen and oxygen atoms in total. The van der Waals surface area contributed by atoms with E-state index in [0.29, 0.717) is 0 Å². The fourth-order valence-electron chi connectivity index (χ4n) is 0. The third-order valence-electron chi connectivity index (χ3n) is 0.308. The Morgan fingerprint density at radius 1 is 1.25 bits per heavy atom. The van der Waals surface area contributed by atoms with E-state index in [2.05, 4.69) is 0 Å². The third kappa shape index (κ3) is 3.58. The van der Waals surface area contributed by atoms with Gasteiger partial charge in [0.15, 0.2) is 5.83 Å². The molecule has 0 aliphatic rings. The van der Waals surface area contributed by atoms with Crippen LogP contribution in [0.3, 0.4) is 0 Å². The SMILES string of the molecule is C=C(F)C(F)(F)F.F. The van der Waals surface area contributed by atoms with Crippen LogP contribution in [-0.2, 0) is 0 Å². The molecule has 0 aromatic heterocycles. The number of hydrogen-bond acceptors (Lipinski definition) is 0. The summed E-state index contributed by atoms with van der Waals surface area (Å²) in [4.78, 5) is 0. The van der Waals surface area contributed by atoms with Gasteiger partial charge in [0.25, 0.3) is 0 Å². The van der Waals surface area contributed by atoms with Crippen LogP contribution in [0.1, 0.15) is 0 Å². The van der Waals surface area contributed by atoms with Crippen LogP contribution in [0.5, 0.6) is 0 Å². The minimum absolute atomic E-state index is 0. The van der Waals surface area contributed by atoms with Gasteiger partial charge in [-0.3, -0.25) is 4.70 Å². The van der Waals surface area contributed by atoms with Crippen LogP contribution in [0.25, 0.3) is 0 Å². The van der Waals surface area contributed by atoms with Gasteiger partial charge in [0, 0.05) is 0 Å². The monoisotopic (exact) mass is 134 g/mol. The Labute approximate surface area is 42.2 Å². The lowest BCUT2D eigenvalue weighted by Crippen LogP contribution is -2.05. The van der Waals surface area contributed by atoms with Gasteiger partial charge >= 0.3 is 6.18 Å². The average Bonchev–Trinajstić information content (AvgIpc) is 1.31. The number of rotatable bonds is 0. The second-order valence-corrected chi connectivity index (χ2v) is 0.903. The molecule has 0 N–H and O–H groups in total. The summed E-state index contributed by atoms with van der Waals surface area (Å²) >= 11 is 0. The van der Waals surface area contributed by atoms with Crippen molar-refractivity contribution >= 4 is 0 Å². The Morgan fingerprint density at radius 2 is 1.38 bits per heavy atom. The van der Waals surface area contributed by atoms with Crippen molar-refractivity contribution in [2.24, 2.45) is 0 Å². The number of hydrogen-bond donors (Lipinski definition) is 0. The maximum atomic E-state index is 10.9. The van der Waals surface area contributed by atoms with E-state index in [9.17, 15) is 17.6 Å². The topological polar surface area (TPSA) is 0 Å². The highest BCUT2D eigenvalue weighted by Gasteiger charge is 2.32. The van der Waals surface area contributed by atoms with E-state index in [0.717, 1.165) is 0 Å². The molecular weight excluding hydrogens is 131 g/mol. The van der Waals surface area contributed by atoms with Crippen molar-refractivity contribution in [3.05, 3.63) is 12.4 Å². The second kappa shape index (κ2) is 2.64. The van der Waals surface area contributed by atoms with Crippen molar-refractivity contribution in [1.29, 1.82) is 0 Å². The fourth-order valence-corrected chi connectivity index (χ4v) is 0. The number of allylic oxidation sites excluding steroid dienone is 1. The van der Waals surface area contributed by atoms with Crippen LogP contribution in [0, 0.1) is 0 Å². The van der Waals surface area contributed by atoms with Gasteiger partial charge in [0.05, 0.1) is 0 Å². The highest BCUT2D eigenvalue weighted by molar-refractivity contribution is 4.88. The van der Waals surface area contributed by atoms with E-state index >= 15 is 0 Å². The zero-order valence-corrected chi connectivity index (χ0v) is 3.63.